The van der Waals surface area contributed by atoms with Crippen LogP contribution in [0.3, 0.4) is 0 Å². The zero-order valence-corrected chi connectivity index (χ0v) is 22.9. The number of furan rings is 1. The quantitative estimate of drug-likeness (QED) is 0.160. The largest absolute Gasteiger partial charge is 0.465 e. The molecule has 0 aliphatic rings. The molecule has 0 aliphatic carbocycles. The number of aromatic nitrogens is 2. The lowest BCUT2D eigenvalue weighted by Gasteiger charge is -2.25. The highest BCUT2D eigenvalue weighted by Crippen LogP contribution is 2.35. The fourth-order valence-corrected chi connectivity index (χ4v) is 4.89. The van der Waals surface area contributed by atoms with Gasteiger partial charge < -0.3 is 25.5 Å². The van der Waals surface area contributed by atoms with Crippen molar-refractivity contribution < 1.29 is 19.1 Å². The van der Waals surface area contributed by atoms with Gasteiger partial charge >= 0.3 is 6.09 Å². The Hall–Kier alpha value is -5.70. The number of nitrogens with one attached hydrogen (secondary N) is 3. The fourth-order valence-electron chi connectivity index (χ4n) is 4.89. The number of nitrogens with zero attached hydrogens (tertiary/aromatic N) is 2. The van der Waals surface area contributed by atoms with E-state index in [0.29, 0.717) is 17.1 Å². The third kappa shape index (κ3) is 5.35. The summed E-state index contributed by atoms with van der Waals surface area (Å²) in [4.78, 5) is 32.7. The predicted molar refractivity (Wildman–Crippen MR) is 163 cm³/mol. The van der Waals surface area contributed by atoms with E-state index in [0.717, 1.165) is 44.4 Å². The molecule has 0 unspecified atom stereocenters. The summed E-state index contributed by atoms with van der Waals surface area (Å²) in [6.07, 6.45) is 0.401. The van der Waals surface area contributed by atoms with Crippen molar-refractivity contribution in [1.82, 2.24) is 15.3 Å². The lowest BCUT2D eigenvalue weighted by Crippen LogP contribution is -2.40. The van der Waals surface area contributed by atoms with E-state index in [4.69, 9.17) is 9.52 Å². The first-order valence-corrected chi connectivity index (χ1v) is 13.3. The van der Waals surface area contributed by atoms with Crippen LogP contribution in [0, 0.1) is 0 Å². The summed E-state index contributed by atoms with van der Waals surface area (Å²) in [5, 5.41) is 19.8. The molecule has 0 atom stereocenters. The van der Waals surface area contributed by atoms with Crippen molar-refractivity contribution >= 4 is 51.1 Å². The van der Waals surface area contributed by atoms with E-state index in [1.807, 2.05) is 60.7 Å². The number of carboxylic acid groups (broad SMARTS) is 1. The van der Waals surface area contributed by atoms with Gasteiger partial charge in [0.25, 0.3) is 5.91 Å². The highest BCUT2D eigenvalue weighted by atomic mass is 16.4. The number of para-hydroxylation sites is 2. The van der Waals surface area contributed by atoms with Crippen molar-refractivity contribution in [2.24, 2.45) is 0 Å². The minimum atomic E-state index is -1.11. The number of hydrogen-bond acceptors (Lipinski definition) is 6. The van der Waals surface area contributed by atoms with Gasteiger partial charge in [-0.15, -0.1) is 0 Å². The molecule has 2 aromatic heterocycles. The van der Waals surface area contributed by atoms with E-state index in [2.05, 4.69) is 25.9 Å². The molecular formula is C33H27N5O4. The first kappa shape index (κ1) is 26.5. The maximum atomic E-state index is 12.8. The summed E-state index contributed by atoms with van der Waals surface area (Å²) in [6, 6.07) is 29.9. The molecule has 6 aromatic rings. The average molecular weight is 558 g/mol. The molecule has 42 heavy (non-hydrogen) atoms. The average Bonchev–Trinajstić information content (AvgIpc) is 3.37. The van der Waals surface area contributed by atoms with Crippen molar-refractivity contribution in [3.63, 3.8) is 0 Å². The Morgan fingerprint density at radius 3 is 2.29 bits per heavy atom. The van der Waals surface area contributed by atoms with Crippen molar-refractivity contribution in [3.05, 3.63) is 115 Å². The lowest BCUT2D eigenvalue weighted by molar-refractivity contribution is 0.102. The van der Waals surface area contributed by atoms with Gasteiger partial charge in [-0.05, 0) is 67.9 Å². The third-order valence-electron chi connectivity index (χ3n) is 7.05. The molecule has 6 rings (SSSR count). The molecule has 0 radical (unpaired) electrons. The Labute approximate surface area is 241 Å². The molecule has 0 saturated carbocycles. The molecule has 9 heteroatoms. The van der Waals surface area contributed by atoms with Gasteiger partial charge in [-0.1, -0.05) is 42.5 Å². The summed E-state index contributed by atoms with van der Waals surface area (Å²) in [7, 11) is 0. The number of carbonyl (C=O) groups is 2. The van der Waals surface area contributed by atoms with Crippen LogP contribution in [0.4, 0.5) is 22.0 Å². The molecule has 208 valence electrons. The number of rotatable bonds is 7. The minimum absolute atomic E-state index is 0.272. The zero-order valence-electron chi connectivity index (χ0n) is 22.9. The van der Waals surface area contributed by atoms with Crippen LogP contribution in [0.15, 0.2) is 108 Å². The fraction of sp³-hybridized carbons (Fsp3) is 0.0909. The van der Waals surface area contributed by atoms with Crippen LogP contribution in [0.5, 0.6) is 0 Å². The summed E-state index contributed by atoms with van der Waals surface area (Å²) in [5.74, 6) is 0.344. The van der Waals surface area contributed by atoms with Crippen LogP contribution in [-0.2, 0) is 5.54 Å². The summed E-state index contributed by atoms with van der Waals surface area (Å²) < 4.78 is 6.17. The van der Waals surface area contributed by atoms with E-state index >= 15 is 0 Å². The molecule has 0 saturated heterocycles. The number of benzene rings is 4. The molecule has 9 nitrogen and oxygen atoms in total. The molecule has 0 aliphatic heterocycles. The Kier molecular flexibility index (Phi) is 6.76. The van der Waals surface area contributed by atoms with Crippen molar-refractivity contribution in [2.45, 2.75) is 19.4 Å². The van der Waals surface area contributed by atoms with Crippen LogP contribution in [0.2, 0.25) is 0 Å². The van der Waals surface area contributed by atoms with Crippen molar-refractivity contribution in [2.75, 3.05) is 10.6 Å². The molecule has 2 heterocycles. The number of carbonyl (C=O) groups excluding carboxylic acids is 1. The van der Waals surface area contributed by atoms with Crippen LogP contribution in [-0.4, -0.2) is 27.1 Å². The predicted octanol–water partition coefficient (Wildman–Crippen LogP) is 7.54. The van der Waals surface area contributed by atoms with Crippen LogP contribution < -0.4 is 16.0 Å². The van der Waals surface area contributed by atoms with E-state index in [-0.39, 0.29) is 5.91 Å². The summed E-state index contributed by atoms with van der Waals surface area (Å²) >= 11 is 0. The first-order valence-electron chi connectivity index (χ1n) is 13.3. The van der Waals surface area contributed by atoms with Gasteiger partial charge in [0.15, 0.2) is 0 Å². The van der Waals surface area contributed by atoms with Crippen LogP contribution >= 0.6 is 0 Å². The van der Waals surface area contributed by atoms with Gasteiger partial charge in [-0.2, -0.15) is 0 Å². The van der Waals surface area contributed by atoms with Gasteiger partial charge in [-0.3, -0.25) is 4.79 Å². The molecule has 0 fully saturated rings. The minimum Gasteiger partial charge on any atom is -0.465 e. The van der Waals surface area contributed by atoms with E-state index in [9.17, 15) is 9.59 Å². The molecule has 4 aromatic carbocycles. The number of amides is 2. The highest BCUT2D eigenvalue weighted by Gasteiger charge is 2.23. The van der Waals surface area contributed by atoms with Gasteiger partial charge in [-0.25, -0.2) is 14.8 Å². The van der Waals surface area contributed by atoms with Crippen LogP contribution in [0.25, 0.3) is 33.2 Å². The number of fused-ring (bicyclic) bond motifs is 3. The molecule has 0 spiro atoms. The summed E-state index contributed by atoms with van der Waals surface area (Å²) in [6.45, 7) is 3.52. The van der Waals surface area contributed by atoms with Crippen LogP contribution in [0.1, 0.15) is 29.8 Å². The Balaban J connectivity index is 1.15. The second kappa shape index (κ2) is 10.7. The Morgan fingerprint density at radius 1 is 0.810 bits per heavy atom. The summed E-state index contributed by atoms with van der Waals surface area (Å²) in [5.41, 5.74) is 5.05. The monoisotopic (exact) mass is 557 g/mol. The topological polar surface area (TPSA) is 129 Å². The van der Waals surface area contributed by atoms with E-state index in [1.165, 1.54) is 6.33 Å². The van der Waals surface area contributed by atoms with E-state index in [1.54, 1.807) is 50.2 Å². The maximum absolute atomic E-state index is 12.8. The molecule has 2 amide bonds. The Morgan fingerprint density at radius 2 is 1.52 bits per heavy atom. The van der Waals surface area contributed by atoms with Gasteiger partial charge in [0.05, 0.1) is 11.2 Å². The molecule has 0 bridgehead atoms. The van der Waals surface area contributed by atoms with Crippen molar-refractivity contribution in [1.29, 1.82) is 0 Å². The second-order valence-corrected chi connectivity index (χ2v) is 10.4. The first-order chi connectivity index (χ1) is 20.3. The van der Waals surface area contributed by atoms with E-state index < -0.39 is 11.6 Å². The lowest BCUT2D eigenvalue weighted by atomic mass is 9.93. The smallest absolute Gasteiger partial charge is 0.405 e. The normalized spacial score (nSPS) is 11.4. The van der Waals surface area contributed by atoms with Gasteiger partial charge in [0, 0.05) is 39.3 Å². The highest BCUT2D eigenvalue weighted by molar-refractivity contribution is 6.09. The number of hydrogen-bond donors (Lipinski definition) is 4. The van der Waals surface area contributed by atoms with Crippen molar-refractivity contribution in [3.8, 4) is 11.3 Å². The van der Waals surface area contributed by atoms with Gasteiger partial charge in [0.1, 0.15) is 23.3 Å². The maximum Gasteiger partial charge on any atom is 0.405 e. The van der Waals surface area contributed by atoms with Gasteiger partial charge in [0.2, 0.25) is 0 Å². The Bertz CT molecular complexity index is 1930. The SMILES string of the molecule is CC(C)(NC(=O)O)c1ccc(C(=O)Nc2ccc(Nc3cc(-c4cccc5c4oc4ccccc45)ncn3)cc2)cc1. The standard InChI is InChI=1S/C33H27N5O4/c1-33(2,38-32(40)41)21-12-10-20(11-13-21)31(39)37-23-16-14-22(15-17-23)36-29-18-27(34-19-35-29)26-8-5-7-25-24-6-3-4-9-28(24)42-30(25)26/h3-19,38H,1-2H3,(H,37,39)(H,40,41)(H,34,35,36). The zero-order chi connectivity index (χ0) is 29.3. The third-order valence-corrected chi connectivity index (χ3v) is 7.05. The second-order valence-electron chi connectivity index (χ2n) is 10.4. The molecular weight excluding hydrogens is 530 g/mol. The number of anilines is 3. The molecule has 4 N–H and O–H groups in total.